The van der Waals surface area contributed by atoms with Crippen LogP contribution in [0.3, 0.4) is 0 Å². The quantitative estimate of drug-likeness (QED) is 0.548. The zero-order valence-corrected chi connectivity index (χ0v) is 17.0. The molecule has 0 aromatic heterocycles. The molecule has 27 heavy (non-hydrogen) atoms. The third-order valence-corrected chi connectivity index (χ3v) is 4.20. The van der Waals surface area contributed by atoms with Crippen LogP contribution in [-0.4, -0.2) is 30.3 Å². The van der Waals surface area contributed by atoms with E-state index in [-0.39, 0.29) is 12.0 Å². The first-order valence-electron chi connectivity index (χ1n) is 8.94. The van der Waals surface area contributed by atoms with E-state index in [4.69, 9.17) is 21.7 Å². The van der Waals surface area contributed by atoms with Gasteiger partial charge in [-0.15, -0.1) is 0 Å². The zero-order chi connectivity index (χ0) is 19.8. The largest absolute Gasteiger partial charge is 0.491 e. The highest BCUT2D eigenvalue weighted by molar-refractivity contribution is 7.80. The highest BCUT2D eigenvalue weighted by Gasteiger charge is 2.13. The number of anilines is 1. The molecule has 6 heteroatoms. The van der Waals surface area contributed by atoms with Crippen molar-refractivity contribution in [3.8, 4) is 5.75 Å². The van der Waals surface area contributed by atoms with E-state index in [1.165, 1.54) is 5.56 Å². The van der Waals surface area contributed by atoms with Gasteiger partial charge in [0.25, 0.3) is 0 Å². The summed E-state index contributed by atoms with van der Waals surface area (Å²) < 4.78 is 10.8. The topological polar surface area (TPSA) is 59.6 Å². The molecule has 5 nitrogen and oxygen atoms in total. The number of hydrogen-bond acceptors (Lipinski definition) is 4. The summed E-state index contributed by atoms with van der Waals surface area (Å²) in [5, 5.41) is 6.80. The number of esters is 1. The summed E-state index contributed by atoms with van der Waals surface area (Å²) in [6.45, 7) is 8.50. The maximum Gasteiger partial charge on any atom is 0.338 e. The van der Waals surface area contributed by atoms with Crippen molar-refractivity contribution in [3.05, 3.63) is 59.2 Å². The highest BCUT2D eigenvalue weighted by atomic mass is 32.1. The lowest BCUT2D eigenvalue weighted by molar-refractivity contribution is 0.0525. The molecule has 144 valence electrons. The molecule has 0 saturated heterocycles. The van der Waals surface area contributed by atoms with Crippen LogP contribution in [0.5, 0.6) is 5.75 Å². The van der Waals surface area contributed by atoms with Crippen molar-refractivity contribution in [2.24, 2.45) is 0 Å². The molecule has 2 rings (SSSR count). The number of carbonyl (C=O) groups is 1. The number of aryl methyl sites for hydroxylation is 1. The van der Waals surface area contributed by atoms with Gasteiger partial charge in [-0.3, -0.25) is 0 Å². The van der Waals surface area contributed by atoms with Crippen molar-refractivity contribution < 1.29 is 14.3 Å². The number of benzene rings is 2. The van der Waals surface area contributed by atoms with E-state index in [0.29, 0.717) is 23.9 Å². The number of hydrogen-bond donors (Lipinski definition) is 2. The van der Waals surface area contributed by atoms with Gasteiger partial charge in [0.15, 0.2) is 5.11 Å². The van der Waals surface area contributed by atoms with Crippen LogP contribution < -0.4 is 15.4 Å². The molecule has 0 heterocycles. The predicted octanol–water partition coefficient (Wildman–Crippen LogP) is 4.23. The first-order valence-corrected chi connectivity index (χ1v) is 9.35. The van der Waals surface area contributed by atoms with Gasteiger partial charge in [0.1, 0.15) is 12.4 Å². The van der Waals surface area contributed by atoms with E-state index in [9.17, 15) is 4.79 Å². The summed E-state index contributed by atoms with van der Waals surface area (Å²) in [4.78, 5) is 12.0. The lowest BCUT2D eigenvalue weighted by Crippen LogP contribution is -2.39. The summed E-state index contributed by atoms with van der Waals surface area (Å²) in [5.41, 5.74) is 3.29. The van der Waals surface area contributed by atoms with Crippen molar-refractivity contribution in [2.45, 2.75) is 33.7 Å². The van der Waals surface area contributed by atoms with Crippen molar-refractivity contribution in [2.75, 3.05) is 18.5 Å². The Bertz CT molecular complexity index is 791. The Labute approximate surface area is 166 Å². The molecule has 0 radical (unpaired) electrons. The second-order valence-corrected chi connectivity index (χ2v) is 6.73. The third kappa shape index (κ3) is 6.25. The molecule has 1 atom stereocenters. The molecule has 0 aliphatic heterocycles. The first kappa shape index (κ1) is 20.7. The van der Waals surface area contributed by atoms with Crippen LogP contribution in [0.2, 0.25) is 0 Å². The molecule has 2 aromatic rings. The van der Waals surface area contributed by atoms with Crippen LogP contribution in [-0.2, 0) is 4.74 Å². The fourth-order valence-electron chi connectivity index (χ4n) is 2.48. The van der Waals surface area contributed by atoms with Crippen LogP contribution in [0.4, 0.5) is 5.69 Å². The molecule has 0 bridgehead atoms. The number of rotatable bonds is 7. The summed E-state index contributed by atoms with van der Waals surface area (Å²) in [5.74, 6) is 0.489. The minimum Gasteiger partial charge on any atom is -0.491 e. The zero-order valence-electron chi connectivity index (χ0n) is 16.2. The Morgan fingerprint density at radius 1 is 1.15 bits per heavy atom. The van der Waals surface area contributed by atoms with Crippen LogP contribution in [0, 0.1) is 13.8 Å². The minimum atomic E-state index is -0.336. The lowest BCUT2D eigenvalue weighted by Gasteiger charge is -2.19. The number of ether oxygens (including phenoxy) is 2. The van der Waals surface area contributed by atoms with Crippen molar-refractivity contribution in [3.63, 3.8) is 0 Å². The average Bonchev–Trinajstić information content (AvgIpc) is 2.63. The van der Waals surface area contributed by atoms with E-state index < -0.39 is 0 Å². The number of carbonyl (C=O) groups excluding carboxylic acids is 1. The summed E-state index contributed by atoms with van der Waals surface area (Å²) in [7, 11) is 0. The Hall–Kier alpha value is -2.60. The molecule has 0 fully saturated rings. The maximum absolute atomic E-state index is 12.0. The van der Waals surface area contributed by atoms with Gasteiger partial charge in [-0.1, -0.05) is 23.8 Å². The maximum atomic E-state index is 12.0. The molecule has 2 aromatic carbocycles. The minimum absolute atomic E-state index is 0.0137. The predicted molar refractivity (Wildman–Crippen MR) is 113 cm³/mol. The molecule has 0 saturated carbocycles. The van der Waals surface area contributed by atoms with E-state index in [0.717, 1.165) is 17.0 Å². The van der Waals surface area contributed by atoms with Crippen LogP contribution >= 0.6 is 12.2 Å². The van der Waals surface area contributed by atoms with E-state index in [1.54, 1.807) is 19.1 Å². The molecule has 0 unspecified atom stereocenters. The van der Waals surface area contributed by atoms with Gasteiger partial charge in [-0.2, -0.15) is 0 Å². The molecule has 2 N–H and O–H groups in total. The van der Waals surface area contributed by atoms with Crippen molar-refractivity contribution in [1.29, 1.82) is 0 Å². The van der Waals surface area contributed by atoms with Gasteiger partial charge in [0.2, 0.25) is 0 Å². The molecule has 0 amide bonds. The van der Waals surface area contributed by atoms with Crippen molar-refractivity contribution >= 4 is 29.0 Å². The number of thiocarbonyl (C=S) groups is 1. The van der Waals surface area contributed by atoms with Gasteiger partial charge in [-0.25, -0.2) is 4.79 Å². The number of nitrogens with one attached hydrogen (secondary N) is 2. The smallest absolute Gasteiger partial charge is 0.338 e. The molecule has 0 aliphatic rings. The summed E-state index contributed by atoms with van der Waals surface area (Å²) >= 11 is 5.39. The Kier molecular flexibility index (Phi) is 7.61. The highest BCUT2D eigenvalue weighted by Crippen LogP contribution is 2.20. The average molecular weight is 387 g/mol. The van der Waals surface area contributed by atoms with Gasteiger partial charge < -0.3 is 20.1 Å². The standard InChI is InChI=1S/C21H26N2O3S/c1-5-25-20(24)18-7-6-8-19(16(18)4)23-21(27)22-15(3)13-26-17-11-9-14(2)10-12-17/h6-12,15H,5,13H2,1-4H3,(H2,22,23,27)/t15-/m0/s1. The van der Waals surface area contributed by atoms with E-state index in [1.807, 2.05) is 51.1 Å². The fraction of sp³-hybridized carbons (Fsp3) is 0.333. The van der Waals surface area contributed by atoms with E-state index >= 15 is 0 Å². The normalized spacial score (nSPS) is 11.4. The Balaban J connectivity index is 1.90. The second kappa shape index (κ2) is 9.92. The van der Waals surface area contributed by atoms with Crippen LogP contribution in [0.25, 0.3) is 0 Å². The second-order valence-electron chi connectivity index (χ2n) is 6.32. The molecular formula is C21H26N2O3S. The Morgan fingerprint density at radius 2 is 1.85 bits per heavy atom. The van der Waals surface area contributed by atoms with Crippen LogP contribution in [0.1, 0.15) is 35.3 Å². The van der Waals surface area contributed by atoms with Gasteiger partial charge in [-0.05, 0) is 69.7 Å². The SMILES string of the molecule is CCOC(=O)c1cccc(NC(=S)N[C@@H](C)COc2ccc(C)cc2)c1C. The van der Waals surface area contributed by atoms with Gasteiger partial charge in [0.05, 0.1) is 18.2 Å². The Morgan fingerprint density at radius 3 is 2.52 bits per heavy atom. The van der Waals surface area contributed by atoms with Crippen LogP contribution in [0.15, 0.2) is 42.5 Å². The fourth-order valence-corrected chi connectivity index (χ4v) is 2.79. The molecule has 0 aliphatic carbocycles. The van der Waals surface area contributed by atoms with Gasteiger partial charge in [0, 0.05) is 5.69 Å². The van der Waals surface area contributed by atoms with Gasteiger partial charge >= 0.3 is 5.97 Å². The monoisotopic (exact) mass is 386 g/mol. The third-order valence-electron chi connectivity index (χ3n) is 3.98. The molecule has 0 spiro atoms. The molecular weight excluding hydrogens is 360 g/mol. The summed E-state index contributed by atoms with van der Waals surface area (Å²) in [6, 6.07) is 13.4. The van der Waals surface area contributed by atoms with E-state index in [2.05, 4.69) is 10.6 Å². The lowest BCUT2D eigenvalue weighted by atomic mass is 10.1. The first-order chi connectivity index (χ1) is 12.9. The summed E-state index contributed by atoms with van der Waals surface area (Å²) in [6.07, 6.45) is 0. The van der Waals surface area contributed by atoms with Crippen molar-refractivity contribution in [1.82, 2.24) is 5.32 Å².